The molecule has 0 spiro atoms. The second-order valence-electron chi connectivity index (χ2n) is 3.93. The molecule has 0 atom stereocenters. The maximum atomic E-state index is 11.2. The van der Waals surface area contributed by atoms with Crippen molar-refractivity contribution in [3.63, 3.8) is 0 Å². The summed E-state index contributed by atoms with van der Waals surface area (Å²) in [6, 6.07) is 6.24. The first-order valence-electron chi connectivity index (χ1n) is 5.67. The van der Waals surface area contributed by atoms with Gasteiger partial charge in [0.1, 0.15) is 0 Å². The van der Waals surface area contributed by atoms with Gasteiger partial charge < -0.3 is 10.6 Å². The molecule has 0 aliphatic rings. The Bertz CT molecular complexity index is 341. The molecule has 1 aromatic carbocycles. The normalized spacial score (nSPS) is 10.2. The van der Waals surface area contributed by atoms with E-state index in [1.54, 1.807) is 0 Å². The molecule has 1 amide bonds. The zero-order valence-electron chi connectivity index (χ0n) is 10.3. The number of carbonyl (C=O) groups excluding carboxylic acids is 1. The molecule has 0 bridgehead atoms. The molecule has 3 heteroatoms. The molecule has 1 aromatic rings. The minimum Gasteiger partial charge on any atom is -0.355 e. The minimum atomic E-state index is 0.0498. The predicted molar refractivity (Wildman–Crippen MR) is 66.3 cm³/mol. The first kappa shape index (κ1) is 12.7. The van der Waals surface area contributed by atoms with Crippen LogP contribution >= 0.6 is 0 Å². The van der Waals surface area contributed by atoms with Crippen molar-refractivity contribution >= 4 is 5.91 Å². The lowest BCUT2D eigenvalue weighted by Crippen LogP contribution is -2.33. The van der Waals surface area contributed by atoms with Crippen LogP contribution in [0.15, 0.2) is 18.2 Å². The Morgan fingerprint density at radius 2 is 1.88 bits per heavy atom. The topological polar surface area (TPSA) is 41.1 Å². The first-order valence-corrected chi connectivity index (χ1v) is 5.67. The molecule has 0 saturated carbocycles. The first-order chi connectivity index (χ1) is 7.65. The Kier molecular flexibility index (Phi) is 4.99. The van der Waals surface area contributed by atoms with E-state index in [0.717, 1.165) is 6.54 Å². The second-order valence-corrected chi connectivity index (χ2v) is 3.93. The van der Waals surface area contributed by atoms with E-state index in [4.69, 9.17) is 0 Å². The number of carbonyl (C=O) groups is 1. The van der Waals surface area contributed by atoms with Crippen molar-refractivity contribution in [2.45, 2.75) is 27.3 Å². The lowest BCUT2D eigenvalue weighted by Gasteiger charge is -2.10. The highest BCUT2D eigenvalue weighted by atomic mass is 16.1. The van der Waals surface area contributed by atoms with Crippen molar-refractivity contribution in [1.29, 1.82) is 0 Å². The Balaban J connectivity index is 2.46. The molecule has 0 radical (unpaired) electrons. The van der Waals surface area contributed by atoms with E-state index in [1.165, 1.54) is 16.7 Å². The second kappa shape index (κ2) is 6.28. The van der Waals surface area contributed by atoms with Crippen molar-refractivity contribution in [2.75, 3.05) is 13.1 Å². The molecule has 0 fully saturated rings. The van der Waals surface area contributed by atoms with E-state index >= 15 is 0 Å². The maximum absolute atomic E-state index is 11.2. The number of aryl methyl sites for hydroxylation is 2. The van der Waals surface area contributed by atoms with Gasteiger partial charge in [-0.25, -0.2) is 0 Å². The fraction of sp³-hybridized carbons (Fsp3) is 0.462. The van der Waals surface area contributed by atoms with Crippen molar-refractivity contribution in [3.05, 3.63) is 34.9 Å². The summed E-state index contributed by atoms with van der Waals surface area (Å²) in [4.78, 5) is 11.2. The molecule has 0 aliphatic heterocycles. The standard InChI is InChI=1S/C13H20N2O/c1-4-15-13(16)9-14-8-12-10(2)6-5-7-11(12)3/h5-7,14H,4,8-9H2,1-3H3,(H,15,16). The van der Waals surface area contributed by atoms with Crippen LogP contribution in [-0.2, 0) is 11.3 Å². The quantitative estimate of drug-likeness (QED) is 0.790. The van der Waals surface area contributed by atoms with Gasteiger partial charge in [0.05, 0.1) is 6.54 Å². The van der Waals surface area contributed by atoms with Gasteiger partial charge in [0.25, 0.3) is 0 Å². The van der Waals surface area contributed by atoms with Gasteiger partial charge >= 0.3 is 0 Å². The van der Waals surface area contributed by atoms with Crippen LogP contribution in [0.1, 0.15) is 23.6 Å². The minimum absolute atomic E-state index is 0.0498. The molecule has 88 valence electrons. The number of hydrogen-bond acceptors (Lipinski definition) is 2. The zero-order valence-corrected chi connectivity index (χ0v) is 10.3. The largest absolute Gasteiger partial charge is 0.355 e. The van der Waals surface area contributed by atoms with E-state index in [1.807, 2.05) is 6.92 Å². The lowest BCUT2D eigenvalue weighted by atomic mass is 10.0. The number of amides is 1. The van der Waals surface area contributed by atoms with Crippen molar-refractivity contribution in [2.24, 2.45) is 0 Å². The van der Waals surface area contributed by atoms with Gasteiger partial charge in [-0.15, -0.1) is 0 Å². The molecule has 0 aromatic heterocycles. The Hall–Kier alpha value is -1.35. The maximum Gasteiger partial charge on any atom is 0.233 e. The summed E-state index contributed by atoms with van der Waals surface area (Å²) in [6.07, 6.45) is 0. The average molecular weight is 220 g/mol. The van der Waals surface area contributed by atoms with E-state index in [0.29, 0.717) is 13.1 Å². The van der Waals surface area contributed by atoms with Crippen molar-refractivity contribution in [1.82, 2.24) is 10.6 Å². The number of hydrogen-bond donors (Lipinski definition) is 2. The van der Waals surface area contributed by atoms with Crippen LogP contribution in [0.2, 0.25) is 0 Å². The Labute approximate surface area is 97.2 Å². The van der Waals surface area contributed by atoms with Gasteiger partial charge in [-0.1, -0.05) is 18.2 Å². The molecule has 1 rings (SSSR count). The summed E-state index contributed by atoms with van der Waals surface area (Å²) >= 11 is 0. The van der Waals surface area contributed by atoms with Crippen LogP contribution in [0.25, 0.3) is 0 Å². The predicted octanol–water partition coefficient (Wildman–Crippen LogP) is 1.53. The van der Waals surface area contributed by atoms with Crippen LogP contribution in [0.5, 0.6) is 0 Å². The third kappa shape index (κ3) is 3.66. The lowest BCUT2D eigenvalue weighted by molar-refractivity contribution is -0.120. The number of benzene rings is 1. The summed E-state index contributed by atoms with van der Waals surface area (Å²) in [7, 11) is 0. The highest BCUT2D eigenvalue weighted by molar-refractivity contribution is 5.77. The van der Waals surface area contributed by atoms with E-state index in [-0.39, 0.29) is 5.91 Å². The zero-order chi connectivity index (χ0) is 12.0. The summed E-state index contributed by atoms with van der Waals surface area (Å²) < 4.78 is 0. The van der Waals surface area contributed by atoms with Crippen LogP contribution in [0.4, 0.5) is 0 Å². The van der Waals surface area contributed by atoms with Crippen LogP contribution in [0.3, 0.4) is 0 Å². The highest BCUT2D eigenvalue weighted by Gasteiger charge is 2.03. The van der Waals surface area contributed by atoms with Crippen LogP contribution in [0, 0.1) is 13.8 Å². The number of likely N-dealkylation sites (N-methyl/N-ethyl adjacent to an activating group) is 1. The molecule has 16 heavy (non-hydrogen) atoms. The molecule has 0 unspecified atom stereocenters. The third-order valence-corrected chi connectivity index (χ3v) is 2.61. The van der Waals surface area contributed by atoms with E-state index < -0.39 is 0 Å². The molecule has 3 nitrogen and oxygen atoms in total. The van der Waals surface area contributed by atoms with E-state index in [9.17, 15) is 4.79 Å². The van der Waals surface area contributed by atoms with Gasteiger partial charge in [-0.3, -0.25) is 4.79 Å². The third-order valence-electron chi connectivity index (χ3n) is 2.61. The van der Waals surface area contributed by atoms with Gasteiger partial charge in [-0.05, 0) is 37.5 Å². The van der Waals surface area contributed by atoms with Crippen LogP contribution < -0.4 is 10.6 Å². The van der Waals surface area contributed by atoms with Gasteiger partial charge in [-0.2, -0.15) is 0 Å². The van der Waals surface area contributed by atoms with Gasteiger partial charge in [0.15, 0.2) is 0 Å². The van der Waals surface area contributed by atoms with Gasteiger partial charge in [0, 0.05) is 13.1 Å². The SMILES string of the molecule is CCNC(=O)CNCc1c(C)cccc1C. The average Bonchev–Trinajstić information content (AvgIpc) is 2.23. The molecular formula is C13H20N2O. The summed E-state index contributed by atoms with van der Waals surface area (Å²) in [5.41, 5.74) is 3.82. The number of rotatable bonds is 5. The molecular weight excluding hydrogens is 200 g/mol. The Morgan fingerprint density at radius 3 is 2.44 bits per heavy atom. The van der Waals surface area contributed by atoms with E-state index in [2.05, 4.69) is 42.7 Å². The highest BCUT2D eigenvalue weighted by Crippen LogP contribution is 2.12. The molecule has 0 heterocycles. The smallest absolute Gasteiger partial charge is 0.233 e. The van der Waals surface area contributed by atoms with Crippen LogP contribution in [-0.4, -0.2) is 19.0 Å². The molecule has 0 aliphatic carbocycles. The molecule has 2 N–H and O–H groups in total. The fourth-order valence-corrected chi connectivity index (χ4v) is 1.69. The number of nitrogens with one attached hydrogen (secondary N) is 2. The van der Waals surface area contributed by atoms with Crippen molar-refractivity contribution in [3.8, 4) is 0 Å². The molecule has 0 saturated heterocycles. The Morgan fingerprint density at radius 1 is 1.25 bits per heavy atom. The summed E-state index contributed by atoms with van der Waals surface area (Å²) in [5.74, 6) is 0.0498. The fourth-order valence-electron chi connectivity index (χ4n) is 1.69. The summed E-state index contributed by atoms with van der Waals surface area (Å²) in [5, 5.41) is 5.92. The monoisotopic (exact) mass is 220 g/mol. The van der Waals surface area contributed by atoms with Crippen molar-refractivity contribution < 1.29 is 4.79 Å². The van der Waals surface area contributed by atoms with Gasteiger partial charge in [0.2, 0.25) is 5.91 Å². The summed E-state index contributed by atoms with van der Waals surface area (Å²) in [6.45, 7) is 7.91.